The maximum Gasteiger partial charge on any atom is 0.122 e. The number of nitrogens with zero attached hydrogens (tertiary/aromatic N) is 1. The molecular formula is C11H11NO. The molecule has 0 radical (unpaired) electrons. The van der Waals surface area contributed by atoms with Crippen LogP contribution < -0.4 is 4.74 Å². The molecule has 0 N–H and O–H groups in total. The van der Waals surface area contributed by atoms with Crippen LogP contribution in [0.2, 0.25) is 0 Å². The molecule has 1 aliphatic heterocycles. The highest BCUT2D eigenvalue weighted by molar-refractivity contribution is 5.37. The first kappa shape index (κ1) is 8.12. The van der Waals surface area contributed by atoms with Crippen molar-refractivity contribution in [2.45, 2.75) is 13.3 Å². The number of ether oxygens (including phenoxy) is 1. The number of benzene rings is 1. The van der Waals surface area contributed by atoms with Crippen molar-refractivity contribution in [3.8, 4) is 11.8 Å². The van der Waals surface area contributed by atoms with Crippen LogP contribution in [0.25, 0.3) is 0 Å². The summed E-state index contributed by atoms with van der Waals surface area (Å²) in [5.41, 5.74) is 0.784. The average molecular weight is 173 g/mol. The second-order valence-corrected chi connectivity index (χ2v) is 3.75. The zero-order valence-corrected chi connectivity index (χ0v) is 7.58. The summed E-state index contributed by atoms with van der Waals surface area (Å²) in [5, 5.41) is 8.95. The predicted octanol–water partition coefficient (Wildman–Crippen LogP) is 2.15. The maximum atomic E-state index is 8.95. The highest BCUT2D eigenvalue weighted by Gasteiger charge is 2.30. The molecule has 1 atom stereocenters. The van der Waals surface area contributed by atoms with Gasteiger partial charge in [-0.25, -0.2) is 0 Å². The highest BCUT2D eigenvalue weighted by atomic mass is 16.5. The SMILES string of the molecule is CC1(C#N)COc2ccccc2C1. The van der Waals surface area contributed by atoms with E-state index in [-0.39, 0.29) is 5.41 Å². The van der Waals surface area contributed by atoms with Gasteiger partial charge in [-0.1, -0.05) is 18.2 Å². The number of hydrogen-bond donors (Lipinski definition) is 0. The fourth-order valence-electron chi connectivity index (χ4n) is 1.57. The van der Waals surface area contributed by atoms with Gasteiger partial charge in [-0.3, -0.25) is 0 Å². The van der Waals surface area contributed by atoms with Gasteiger partial charge in [0.05, 0.1) is 11.5 Å². The summed E-state index contributed by atoms with van der Waals surface area (Å²) in [5.74, 6) is 0.926. The monoisotopic (exact) mass is 173 g/mol. The Hall–Kier alpha value is -1.49. The fourth-order valence-corrected chi connectivity index (χ4v) is 1.57. The molecule has 0 saturated heterocycles. The first-order valence-electron chi connectivity index (χ1n) is 4.35. The van der Waals surface area contributed by atoms with Gasteiger partial charge in [0.25, 0.3) is 0 Å². The number of rotatable bonds is 0. The molecule has 0 bridgehead atoms. The third-order valence-corrected chi connectivity index (χ3v) is 2.37. The lowest BCUT2D eigenvalue weighted by molar-refractivity contribution is 0.185. The lowest BCUT2D eigenvalue weighted by Gasteiger charge is -2.28. The molecule has 66 valence electrons. The zero-order valence-electron chi connectivity index (χ0n) is 7.58. The van der Waals surface area contributed by atoms with Crippen LogP contribution in [0.15, 0.2) is 24.3 Å². The van der Waals surface area contributed by atoms with Crippen molar-refractivity contribution in [3.63, 3.8) is 0 Å². The van der Waals surface area contributed by atoms with E-state index in [0.29, 0.717) is 6.61 Å². The molecule has 1 aromatic carbocycles. The van der Waals surface area contributed by atoms with E-state index in [1.54, 1.807) is 0 Å². The van der Waals surface area contributed by atoms with Gasteiger partial charge >= 0.3 is 0 Å². The lowest BCUT2D eigenvalue weighted by atomic mass is 9.84. The second-order valence-electron chi connectivity index (χ2n) is 3.75. The number of fused-ring (bicyclic) bond motifs is 1. The Morgan fingerprint density at radius 2 is 2.23 bits per heavy atom. The summed E-state index contributed by atoms with van der Waals surface area (Å²) in [4.78, 5) is 0. The van der Waals surface area contributed by atoms with Crippen molar-refractivity contribution in [2.75, 3.05) is 6.61 Å². The Morgan fingerprint density at radius 3 is 3.00 bits per heavy atom. The predicted molar refractivity (Wildman–Crippen MR) is 49.4 cm³/mol. The fraction of sp³-hybridized carbons (Fsp3) is 0.364. The molecule has 0 aromatic heterocycles. The van der Waals surface area contributed by atoms with Crippen molar-refractivity contribution >= 4 is 0 Å². The molecule has 1 heterocycles. The van der Waals surface area contributed by atoms with E-state index < -0.39 is 0 Å². The zero-order chi connectivity index (χ0) is 9.31. The molecule has 0 amide bonds. The van der Waals surface area contributed by atoms with Crippen LogP contribution in [0.1, 0.15) is 12.5 Å². The van der Waals surface area contributed by atoms with Gasteiger partial charge in [0.15, 0.2) is 0 Å². The summed E-state index contributed by atoms with van der Waals surface area (Å²) in [6.45, 7) is 2.43. The summed E-state index contributed by atoms with van der Waals surface area (Å²) < 4.78 is 5.51. The van der Waals surface area contributed by atoms with E-state index in [1.807, 2.05) is 31.2 Å². The molecule has 2 heteroatoms. The Morgan fingerprint density at radius 1 is 1.46 bits per heavy atom. The standard InChI is InChI=1S/C11H11NO/c1-11(7-12)6-9-4-2-3-5-10(9)13-8-11/h2-5H,6,8H2,1H3. The van der Waals surface area contributed by atoms with Crippen LogP contribution in [-0.4, -0.2) is 6.61 Å². The van der Waals surface area contributed by atoms with Gasteiger partial charge in [0.2, 0.25) is 0 Å². The van der Waals surface area contributed by atoms with Gasteiger partial charge in [0.1, 0.15) is 12.4 Å². The maximum absolute atomic E-state index is 8.95. The third kappa shape index (κ3) is 1.38. The van der Waals surface area contributed by atoms with Crippen LogP contribution in [0, 0.1) is 16.7 Å². The number of para-hydroxylation sites is 1. The van der Waals surface area contributed by atoms with Crippen molar-refractivity contribution in [1.29, 1.82) is 5.26 Å². The molecule has 1 unspecified atom stereocenters. The smallest absolute Gasteiger partial charge is 0.122 e. The summed E-state index contributed by atoms with van der Waals surface area (Å²) in [6.07, 6.45) is 0.791. The van der Waals surface area contributed by atoms with Crippen molar-refractivity contribution < 1.29 is 4.74 Å². The molecule has 0 aliphatic carbocycles. The normalized spacial score (nSPS) is 25.5. The summed E-state index contributed by atoms with van der Waals surface area (Å²) >= 11 is 0. The molecule has 1 aliphatic rings. The number of hydrogen-bond acceptors (Lipinski definition) is 2. The van der Waals surface area contributed by atoms with E-state index in [2.05, 4.69) is 6.07 Å². The van der Waals surface area contributed by atoms with Crippen LogP contribution in [-0.2, 0) is 6.42 Å². The Kier molecular flexibility index (Phi) is 1.73. The minimum atomic E-state index is -0.353. The molecular weight excluding hydrogens is 162 g/mol. The minimum Gasteiger partial charge on any atom is -0.492 e. The molecule has 2 rings (SSSR count). The van der Waals surface area contributed by atoms with E-state index in [4.69, 9.17) is 10.00 Å². The van der Waals surface area contributed by atoms with Gasteiger partial charge in [-0.2, -0.15) is 5.26 Å². The van der Waals surface area contributed by atoms with Crippen LogP contribution >= 0.6 is 0 Å². The molecule has 13 heavy (non-hydrogen) atoms. The Bertz CT molecular complexity index is 367. The first-order valence-corrected chi connectivity index (χ1v) is 4.35. The van der Waals surface area contributed by atoms with E-state index in [0.717, 1.165) is 17.7 Å². The van der Waals surface area contributed by atoms with E-state index in [9.17, 15) is 0 Å². The van der Waals surface area contributed by atoms with Crippen molar-refractivity contribution in [3.05, 3.63) is 29.8 Å². The van der Waals surface area contributed by atoms with Crippen molar-refractivity contribution in [1.82, 2.24) is 0 Å². The second kappa shape index (κ2) is 2.77. The van der Waals surface area contributed by atoms with Gasteiger partial charge in [0, 0.05) is 0 Å². The van der Waals surface area contributed by atoms with E-state index in [1.165, 1.54) is 0 Å². The van der Waals surface area contributed by atoms with Crippen LogP contribution in [0.5, 0.6) is 5.75 Å². The molecule has 0 fully saturated rings. The van der Waals surface area contributed by atoms with E-state index >= 15 is 0 Å². The van der Waals surface area contributed by atoms with Gasteiger partial charge in [-0.05, 0) is 25.0 Å². The van der Waals surface area contributed by atoms with Gasteiger partial charge < -0.3 is 4.74 Å². The molecule has 0 spiro atoms. The lowest BCUT2D eigenvalue weighted by Crippen LogP contribution is -2.30. The molecule has 0 saturated carbocycles. The minimum absolute atomic E-state index is 0.353. The molecule has 2 nitrogen and oxygen atoms in total. The molecule has 1 aromatic rings. The highest BCUT2D eigenvalue weighted by Crippen LogP contribution is 2.33. The van der Waals surface area contributed by atoms with Crippen LogP contribution in [0.4, 0.5) is 0 Å². The van der Waals surface area contributed by atoms with Gasteiger partial charge in [-0.15, -0.1) is 0 Å². The van der Waals surface area contributed by atoms with Crippen molar-refractivity contribution in [2.24, 2.45) is 5.41 Å². The Labute approximate surface area is 77.8 Å². The average Bonchev–Trinajstić information content (AvgIpc) is 2.18. The number of nitriles is 1. The summed E-state index contributed by atoms with van der Waals surface area (Å²) in [7, 11) is 0. The van der Waals surface area contributed by atoms with Crippen LogP contribution in [0.3, 0.4) is 0 Å². The first-order chi connectivity index (χ1) is 6.23. The summed E-state index contributed by atoms with van der Waals surface area (Å²) in [6, 6.07) is 10.2. The largest absolute Gasteiger partial charge is 0.492 e. The topological polar surface area (TPSA) is 33.0 Å². The third-order valence-electron chi connectivity index (χ3n) is 2.37. The Balaban J connectivity index is 2.36. The quantitative estimate of drug-likeness (QED) is 0.602.